The van der Waals surface area contributed by atoms with Crippen LogP contribution in [0.2, 0.25) is 0 Å². The van der Waals surface area contributed by atoms with E-state index in [0.29, 0.717) is 4.90 Å². The molecule has 1 aromatic rings. The van der Waals surface area contributed by atoms with E-state index in [2.05, 4.69) is 5.43 Å². The van der Waals surface area contributed by atoms with Gasteiger partial charge >= 0.3 is 0 Å². The first-order chi connectivity index (χ1) is 9.02. The van der Waals surface area contributed by atoms with E-state index in [-0.39, 0.29) is 6.04 Å². The highest BCUT2D eigenvalue weighted by atomic mass is 32.2. The Labute approximate surface area is 113 Å². The number of hydrogen-bond acceptors (Lipinski definition) is 5. The van der Waals surface area contributed by atoms with Crippen molar-refractivity contribution < 1.29 is 13.2 Å². The molecule has 0 saturated carbocycles. The summed E-state index contributed by atoms with van der Waals surface area (Å²) in [4.78, 5) is 0.306. The van der Waals surface area contributed by atoms with Gasteiger partial charge in [-0.05, 0) is 36.1 Å². The van der Waals surface area contributed by atoms with Gasteiger partial charge in [0.2, 0.25) is 0 Å². The van der Waals surface area contributed by atoms with Gasteiger partial charge in [0, 0.05) is 6.26 Å². The third kappa shape index (κ3) is 3.34. The third-order valence-corrected chi connectivity index (χ3v) is 4.27. The molecule has 2 rings (SSSR count). The van der Waals surface area contributed by atoms with Gasteiger partial charge in [-0.15, -0.1) is 0 Å². The first-order valence-electron chi connectivity index (χ1n) is 6.09. The van der Waals surface area contributed by atoms with Gasteiger partial charge in [0.25, 0.3) is 0 Å². The van der Waals surface area contributed by atoms with E-state index in [4.69, 9.17) is 10.6 Å². The van der Waals surface area contributed by atoms with E-state index in [0.717, 1.165) is 30.6 Å². The maximum Gasteiger partial charge on any atom is 0.175 e. The van der Waals surface area contributed by atoms with Crippen LogP contribution in [-0.2, 0) is 14.6 Å². The van der Waals surface area contributed by atoms with Gasteiger partial charge in [0.1, 0.15) is 0 Å². The highest BCUT2D eigenvalue weighted by molar-refractivity contribution is 7.90. The van der Waals surface area contributed by atoms with Crippen molar-refractivity contribution in [1.82, 2.24) is 5.43 Å². The summed E-state index contributed by atoms with van der Waals surface area (Å²) in [5, 5.41) is 0. The van der Waals surface area contributed by atoms with E-state index < -0.39 is 9.84 Å². The van der Waals surface area contributed by atoms with Crippen molar-refractivity contribution in [1.29, 1.82) is 0 Å². The second kappa shape index (κ2) is 5.73. The van der Waals surface area contributed by atoms with E-state index in [1.165, 1.54) is 6.26 Å². The van der Waals surface area contributed by atoms with Gasteiger partial charge in [-0.25, -0.2) is 13.8 Å². The van der Waals surface area contributed by atoms with E-state index in [9.17, 15) is 8.42 Å². The first-order valence-corrected chi connectivity index (χ1v) is 7.98. The van der Waals surface area contributed by atoms with Crippen LogP contribution in [0.3, 0.4) is 0 Å². The number of hydrazine groups is 1. The Kier molecular flexibility index (Phi) is 4.24. The lowest BCUT2D eigenvalue weighted by atomic mass is 9.96. The van der Waals surface area contributed by atoms with Crippen molar-refractivity contribution >= 4 is 9.84 Å². The molecule has 0 aromatic heterocycles. The molecule has 0 aliphatic carbocycles. The van der Waals surface area contributed by atoms with Crippen molar-refractivity contribution in [3.05, 3.63) is 41.7 Å². The van der Waals surface area contributed by atoms with Crippen molar-refractivity contribution in [2.45, 2.75) is 23.8 Å². The minimum Gasteiger partial charge on any atom is -0.501 e. The molecule has 0 saturated heterocycles. The number of benzene rings is 1. The Hall–Kier alpha value is -1.37. The summed E-state index contributed by atoms with van der Waals surface area (Å²) in [6.07, 6.45) is 4.81. The number of nitrogens with one attached hydrogen (secondary N) is 1. The summed E-state index contributed by atoms with van der Waals surface area (Å²) < 4.78 is 28.1. The van der Waals surface area contributed by atoms with E-state index in [1.807, 2.05) is 0 Å². The predicted octanol–water partition coefficient (Wildman–Crippen LogP) is 1.29. The molecule has 0 bridgehead atoms. The lowest BCUT2D eigenvalue weighted by Crippen LogP contribution is -2.30. The number of rotatable bonds is 4. The van der Waals surface area contributed by atoms with Crippen molar-refractivity contribution in [3.63, 3.8) is 0 Å². The molecule has 0 fully saturated rings. The Morgan fingerprint density at radius 3 is 2.47 bits per heavy atom. The summed E-state index contributed by atoms with van der Waals surface area (Å²) in [7, 11) is -3.17. The van der Waals surface area contributed by atoms with Gasteiger partial charge in [-0.3, -0.25) is 5.84 Å². The largest absolute Gasteiger partial charge is 0.501 e. The zero-order chi connectivity index (χ0) is 13.9. The fraction of sp³-hybridized carbons (Fsp3) is 0.385. The minimum absolute atomic E-state index is 0.145. The van der Waals surface area contributed by atoms with Gasteiger partial charge < -0.3 is 4.74 Å². The topological polar surface area (TPSA) is 81.4 Å². The molecule has 0 amide bonds. The normalized spacial score (nSPS) is 17.5. The molecule has 104 valence electrons. The molecular formula is C13H18N2O3S. The van der Waals surface area contributed by atoms with Crippen LogP contribution in [0.5, 0.6) is 0 Å². The fourth-order valence-corrected chi connectivity index (χ4v) is 2.75. The average Bonchev–Trinajstić information content (AvgIpc) is 2.40. The standard InChI is InChI=1S/C13H18N2O3S/c1-19(16,17)12-6-4-10(5-7-12)13(15-14)11-3-2-8-18-9-11/h4-7,9,13,15H,2-3,8,14H2,1H3. The summed E-state index contributed by atoms with van der Waals surface area (Å²) in [6, 6.07) is 6.60. The SMILES string of the molecule is CS(=O)(=O)c1ccc(C(NN)C2=COCCC2)cc1. The predicted molar refractivity (Wildman–Crippen MR) is 72.9 cm³/mol. The average molecular weight is 282 g/mol. The van der Waals surface area contributed by atoms with Gasteiger partial charge in [0.15, 0.2) is 9.84 Å². The molecule has 0 spiro atoms. The smallest absolute Gasteiger partial charge is 0.175 e. The van der Waals surface area contributed by atoms with Gasteiger partial charge in [-0.1, -0.05) is 12.1 Å². The summed E-state index contributed by atoms with van der Waals surface area (Å²) in [5.74, 6) is 5.59. The van der Waals surface area contributed by atoms with Crippen LogP contribution in [0.15, 0.2) is 41.0 Å². The summed E-state index contributed by atoms with van der Waals surface area (Å²) in [6.45, 7) is 0.730. The molecule has 19 heavy (non-hydrogen) atoms. The molecule has 0 radical (unpaired) electrons. The van der Waals surface area contributed by atoms with Crippen molar-refractivity contribution in [2.75, 3.05) is 12.9 Å². The fourth-order valence-electron chi connectivity index (χ4n) is 2.12. The van der Waals surface area contributed by atoms with Crippen LogP contribution in [0, 0.1) is 0 Å². The molecular weight excluding hydrogens is 264 g/mol. The lowest BCUT2D eigenvalue weighted by Gasteiger charge is -2.23. The Morgan fingerprint density at radius 2 is 2.00 bits per heavy atom. The maximum absolute atomic E-state index is 11.4. The van der Waals surface area contributed by atoms with Crippen molar-refractivity contribution in [3.8, 4) is 0 Å². The zero-order valence-electron chi connectivity index (χ0n) is 10.8. The molecule has 1 atom stereocenters. The van der Waals surface area contributed by atoms with Gasteiger partial charge in [0.05, 0.1) is 23.8 Å². The minimum atomic E-state index is -3.17. The molecule has 1 aliphatic heterocycles. The third-order valence-electron chi connectivity index (χ3n) is 3.14. The quantitative estimate of drug-likeness (QED) is 0.642. The maximum atomic E-state index is 11.4. The van der Waals surface area contributed by atoms with E-state index in [1.54, 1.807) is 30.5 Å². The van der Waals surface area contributed by atoms with Crippen LogP contribution < -0.4 is 11.3 Å². The number of nitrogens with two attached hydrogens (primary N) is 1. The van der Waals surface area contributed by atoms with E-state index >= 15 is 0 Å². The Bertz CT molecular complexity index is 564. The Balaban J connectivity index is 2.27. The summed E-state index contributed by atoms with van der Waals surface area (Å²) >= 11 is 0. The molecule has 1 unspecified atom stereocenters. The molecule has 6 heteroatoms. The highest BCUT2D eigenvalue weighted by Gasteiger charge is 2.18. The molecule has 1 heterocycles. The van der Waals surface area contributed by atoms with Crippen LogP contribution in [0.1, 0.15) is 24.4 Å². The molecule has 3 N–H and O–H groups in total. The Morgan fingerprint density at radius 1 is 1.32 bits per heavy atom. The van der Waals surface area contributed by atoms with Crippen LogP contribution in [-0.4, -0.2) is 21.3 Å². The second-order valence-corrected chi connectivity index (χ2v) is 6.62. The zero-order valence-corrected chi connectivity index (χ0v) is 11.6. The van der Waals surface area contributed by atoms with Crippen LogP contribution >= 0.6 is 0 Å². The summed E-state index contributed by atoms with van der Waals surface area (Å²) in [5.41, 5.74) is 4.74. The first kappa shape index (κ1) is 14.0. The lowest BCUT2D eigenvalue weighted by molar-refractivity contribution is 0.219. The van der Waals surface area contributed by atoms with Crippen molar-refractivity contribution in [2.24, 2.45) is 5.84 Å². The molecule has 1 aromatic carbocycles. The number of ether oxygens (including phenoxy) is 1. The molecule has 5 nitrogen and oxygen atoms in total. The number of sulfone groups is 1. The number of hydrogen-bond donors (Lipinski definition) is 2. The molecule has 1 aliphatic rings. The van der Waals surface area contributed by atoms with Crippen LogP contribution in [0.25, 0.3) is 0 Å². The monoisotopic (exact) mass is 282 g/mol. The van der Waals surface area contributed by atoms with Gasteiger partial charge in [-0.2, -0.15) is 0 Å². The van der Waals surface area contributed by atoms with Crippen LogP contribution in [0.4, 0.5) is 0 Å². The second-order valence-electron chi connectivity index (χ2n) is 4.61. The highest BCUT2D eigenvalue weighted by Crippen LogP contribution is 2.27.